The van der Waals surface area contributed by atoms with E-state index in [-0.39, 0.29) is 24.7 Å². The second kappa shape index (κ2) is 17.8. The number of carbonyl (C=O) groups is 5. The number of nitrogens with one attached hydrogen (secondary N) is 2. The van der Waals surface area contributed by atoms with Gasteiger partial charge in [-0.2, -0.15) is 18.4 Å². The Bertz CT molecular complexity index is 2340. The monoisotopic (exact) mass is 880 g/mol. The van der Waals surface area contributed by atoms with Gasteiger partial charge in [0.05, 0.1) is 40.2 Å². The van der Waals surface area contributed by atoms with E-state index in [0.29, 0.717) is 60.5 Å². The molecule has 7 heterocycles. The minimum atomic E-state index is -4.62. The Morgan fingerprint density at radius 2 is 1.44 bits per heavy atom. The molecule has 1 unspecified atom stereocenters. The van der Waals surface area contributed by atoms with Crippen molar-refractivity contribution in [2.75, 3.05) is 92.0 Å². The molecule has 18 heteroatoms. The summed E-state index contributed by atoms with van der Waals surface area (Å²) in [4.78, 5) is 80.6. The summed E-state index contributed by atoms with van der Waals surface area (Å²) in [5.41, 5.74) is 1.54. The van der Waals surface area contributed by atoms with Gasteiger partial charge >= 0.3 is 6.18 Å². The molecule has 0 saturated carbocycles. The van der Waals surface area contributed by atoms with E-state index in [9.17, 15) is 37.1 Å². The molecule has 64 heavy (non-hydrogen) atoms. The van der Waals surface area contributed by atoms with Gasteiger partial charge in [0.1, 0.15) is 11.9 Å². The topological polar surface area (TPSA) is 166 Å². The second-order valence-electron chi connectivity index (χ2n) is 17.8. The highest BCUT2D eigenvalue weighted by molar-refractivity contribution is 6.23. The van der Waals surface area contributed by atoms with Crippen LogP contribution in [0.3, 0.4) is 0 Å². The molecule has 0 aliphatic carbocycles. The number of benzene rings is 2. The molecule has 2 N–H and O–H groups in total. The number of fused-ring (bicyclic) bond motifs is 1. The summed E-state index contributed by atoms with van der Waals surface area (Å²) in [6, 6.07) is 13.9. The molecule has 15 nitrogen and oxygen atoms in total. The third-order valence-electron chi connectivity index (χ3n) is 14.1. The van der Waals surface area contributed by atoms with Crippen molar-refractivity contribution in [3.63, 3.8) is 0 Å². The molecule has 0 spiro atoms. The normalized spacial score (nSPS) is 22.1. The Kier molecular flexibility index (Phi) is 12.0. The smallest absolute Gasteiger partial charge is 0.371 e. The molecule has 6 aliphatic rings. The zero-order valence-corrected chi connectivity index (χ0v) is 35.5. The van der Waals surface area contributed by atoms with Crippen LogP contribution in [0.4, 0.5) is 36.1 Å². The van der Waals surface area contributed by atoms with Gasteiger partial charge in [0.25, 0.3) is 11.8 Å². The molecule has 9 rings (SSSR count). The van der Waals surface area contributed by atoms with Crippen LogP contribution in [0.1, 0.15) is 76.8 Å². The lowest BCUT2D eigenvalue weighted by Gasteiger charge is -2.49. The molecular formula is C46H51F3N10O5. The van der Waals surface area contributed by atoms with Gasteiger partial charge in [0.2, 0.25) is 17.7 Å². The van der Waals surface area contributed by atoms with Gasteiger partial charge in [0.15, 0.2) is 0 Å². The Hall–Kier alpha value is -6.06. The van der Waals surface area contributed by atoms with Crippen LogP contribution in [0, 0.1) is 23.2 Å². The maximum absolute atomic E-state index is 13.5. The lowest BCUT2D eigenvalue weighted by Crippen LogP contribution is -2.63. The van der Waals surface area contributed by atoms with E-state index in [4.69, 9.17) is 5.26 Å². The Balaban J connectivity index is 0.662. The largest absolute Gasteiger partial charge is 0.417 e. The Morgan fingerprint density at radius 1 is 0.781 bits per heavy atom. The van der Waals surface area contributed by atoms with E-state index in [1.54, 1.807) is 24.4 Å². The number of alkyl halides is 3. The molecule has 336 valence electrons. The van der Waals surface area contributed by atoms with Crippen LogP contribution in [0.2, 0.25) is 0 Å². The molecule has 2 aromatic carbocycles. The van der Waals surface area contributed by atoms with Gasteiger partial charge in [-0.15, -0.1) is 0 Å². The average Bonchev–Trinajstić information content (AvgIpc) is 3.53. The van der Waals surface area contributed by atoms with Crippen molar-refractivity contribution in [2.45, 2.75) is 63.2 Å². The van der Waals surface area contributed by atoms with E-state index in [0.717, 1.165) is 101 Å². The number of halogens is 3. The van der Waals surface area contributed by atoms with Crippen molar-refractivity contribution < 1.29 is 37.1 Å². The quantitative estimate of drug-likeness (QED) is 0.278. The summed E-state index contributed by atoms with van der Waals surface area (Å²) in [5, 5.41) is 14.3. The number of carbonyl (C=O) groups excluding carboxylic acids is 5. The van der Waals surface area contributed by atoms with E-state index < -0.39 is 47.0 Å². The maximum atomic E-state index is 13.5. The molecule has 0 radical (unpaired) electrons. The van der Waals surface area contributed by atoms with E-state index in [1.165, 1.54) is 12.1 Å². The first-order valence-corrected chi connectivity index (χ1v) is 22.3. The van der Waals surface area contributed by atoms with Crippen molar-refractivity contribution in [2.24, 2.45) is 11.8 Å². The zero-order valence-electron chi connectivity index (χ0n) is 35.5. The fourth-order valence-electron chi connectivity index (χ4n) is 10.1. The van der Waals surface area contributed by atoms with Gasteiger partial charge in [-0.3, -0.25) is 39.1 Å². The molecule has 1 aromatic heterocycles. The third-order valence-corrected chi connectivity index (χ3v) is 14.1. The first-order chi connectivity index (χ1) is 30.8. The number of hydrogen-bond acceptors (Lipinski definition) is 12. The minimum absolute atomic E-state index is 0.0872. The lowest BCUT2D eigenvalue weighted by molar-refractivity contribution is -0.138. The highest BCUT2D eigenvalue weighted by atomic mass is 19.4. The molecule has 5 amide bonds. The first-order valence-electron chi connectivity index (χ1n) is 22.3. The van der Waals surface area contributed by atoms with Crippen LogP contribution in [0.5, 0.6) is 0 Å². The highest BCUT2D eigenvalue weighted by Gasteiger charge is 2.45. The summed E-state index contributed by atoms with van der Waals surface area (Å²) in [6.07, 6.45) is 1.75. The predicted molar refractivity (Wildman–Crippen MR) is 231 cm³/mol. The Labute approximate surface area is 369 Å². The number of amides is 5. The fourth-order valence-corrected chi connectivity index (χ4v) is 10.1. The summed E-state index contributed by atoms with van der Waals surface area (Å²) in [5.74, 6) is -1.30. The summed E-state index contributed by atoms with van der Waals surface area (Å²) in [6.45, 7) is 9.57. The SMILES string of the molecule is N#Cc1ccc(N2CCC(C(=O)Nc3ccc(N4CCC(CCN5CCN(C6CN(c7ccc8c(c7)C(=O)N(C7CCC(=O)NC7=O)C8=O)C6)CC5)CC4)cn3)CC2)cc1C(F)(F)F. The molecule has 1 atom stereocenters. The molecule has 3 aromatic rings. The third kappa shape index (κ3) is 8.87. The van der Waals surface area contributed by atoms with Crippen LogP contribution in [0.15, 0.2) is 54.7 Å². The molecular weight excluding hydrogens is 830 g/mol. The van der Waals surface area contributed by atoms with Crippen LogP contribution in [-0.2, 0) is 20.6 Å². The van der Waals surface area contributed by atoms with Crippen LogP contribution < -0.4 is 25.3 Å². The van der Waals surface area contributed by atoms with Gasteiger partial charge in [-0.1, -0.05) is 0 Å². The highest BCUT2D eigenvalue weighted by Crippen LogP contribution is 2.36. The number of aromatic nitrogens is 1. The zero-order chi connectivity index (χ0) is 44.7. The fraction of sp³-hybridized carbons (Fsp3) is 0.500. The van der Waals surface area contributed by atoms with Crippen LogP contribution in [0.25, 0.3) is 0 Å². The maximum Gasteiger partial charge on any atom is 0.417 e. The van der Waals surface area contributed by atoms with Crippen molar-refractivity contribution in [3.8, 4) is 6.07 Å². The van der Waals surface area contributed by atoms with Gasteiger partial charge in [0, 0.05) is 95.2 Å². The van der Waals surface area contributed by atoms with Crippen LogP contribution >= 0.6 is 0 Å². The summed E-state index contributed by atoms with van der Waals surface area (Å²) in [7, 11) is 0. The van der Waals surface area contributed by atoms with E-state index >= 15 is 0 Å². The number of piperidine rings is 3. The molecule has 5 saturated heterocycles. The first kappa shape index (κ1) is 43.2. The van der Waals surface area contributed by atoms with Crippen molar-refractivity contribution >= 4 is 52.4 Å². The summed E-state index contributed by atoms with van der Waals surface area (Å²) >= 11 is 0. The molecule has 6 aliphatic heterocycles. The van der Waals surface area contributed by atoms with Gasteiger partial charge < -0.3 is 24.9 Å². The standard InChI is InChI=1S/C46H51F3N10O5/c47-46(48,49)38-24-33(2-1-31(38)25-50)55-17-12-30(13-18-55)42(61)52-40-7-4-34(26-51-40)56-15-10-29(11-16-56)9-14-54-19-21-57(22-20-54)35-27-58(28-35)32-3-5-36-37(23-32)45(64)59(44(36)63)39-6-8-41(60)53-43(39)62/h1-5,7,23-24,26,29-30,35,39H,6,8-22,27-28H2,(H,51,52,61)(H,53,60,62). The minimum Gasteiger partial charge on any atom is -0.371 e. The van der Waals surface area contributed by atoms with Crippen molar-refractivity contribution in [1.29, 1.82) is 5.26 Å². The number of nitriles is 1. The van der Waals surface area contributed by atoms with Crippen molar-refractivity contribution in [3.05, 3.63) is 77.0 Å². The van der Waals surface area contributed by atoms with Crippen LogP contribution in [-0.4, -0.2) is 133 Å². The number of nitrogens with zero attached hydrogens (tertiary/aromatic N) is 8. The molecule has 0 bridgehead atoms. The number of anilines is 4. The van der Waals surface area contributed by atoms with Crippen molar-refractivity contribution in [1.82, 2.24) is 25.0 Å². The Morgan fingerprint density at radius 3 is 2.11 bits per heavy atom. The number of rotatable bonds is 10. The van der Waals surface area contributed by atoms with E-state index in [2.05, 4.69) is 35.2 Å². The average molecular weight is 881 g/mol. The predicted octanol–water partition coefficient (Wildman–Crippen LogP) is 4.34. The van der Waals surface area contributed by atoms with E-state index in [1.807, 2.05) is 23.1 Å². The van der Waals surface area contributed by atoms with Gasteiger partial charge in [-0.05, 0) is 99.5 Å². The number of hydrogen-bond donors (Lipinski definition) is 2. The summed E-state index contributed by atoms with van der Waals surface area (Å²) < 4.78 is 40.5. The second-order valence-corrected chi connectivity index (χ2v) is 17.8. The van der Waals surface area contributed by atoms with Gasteiger partial charge in [-0.25, -0.2) is 4.98 Å². The number of piperazine rings is 1. The number of pyridine rings is 1. The lowest BCUT2D eigenvalue weighted by atomic mass is 9.93. The molecule has 5 fully saturated rings. The number of imide groups is 2.